The van der Waals surface area contributed by atoms with Gasteiger partial charge in [0, 0.05) is 56.0 Å². The normalized spacial score (nSPS) is 15.7. The minimum absolute atomic E-state index is 0.0255. The van der Waals surface area contributed by atoms with Gasteiger partial charge in [0.25, 0.3) is 0 Å². The molecule has 2 aromatic heterocycles. The lowest BCUT2D eigenvalue weighted by molar-refractivity contribution is -0.136. The zero-order chi connectivity index (χ0) is 27.9. The fourth-order valence-corrected chi connectivity index (χ4v) is 6.22. The smallest absolute Gasteiger partial charge is 0.245 e. The summed E-state index contributed by atoms with van der Waals surface area (Å²) < 4.78 is 8.19. The van der Waals surface area contributed by atoms with Gasteiger partial charge in [-0.1, -0.05) is 49.0 Å². The Bertz CT molecular complexity index is 1650. The highest BCUT2D eigenvalue weighted by Gasteiger charge is 2.49. The van der Waals surface area contributed by atoms with Gasteiger partial charge < -0.3 is 14.5 Å². The van der Waals surface area contributed by atoms with E-state index < -0.39 is 0 Å². The van der Waals surface area contributed by atoms with Gasteiger partial charge in [0.05, 0.1) is 41.3 Å². The monoisotopic (exact) mass is 532 g/mol. The number of rotatable bonds is 7. The van der Waals surface area contributed by atoms with Gasteiger partial charge in [-0.05, 0) is 30.5 Å². The molecule has 202 valence electrons. The summed E-state index contributed by atoms with van der Waals surface area (Å²) in [6.07, 6.45) is 6.69. The van der Waals surface area contributed by atoms with Gasteiger partial charge in [-0.3, -0.25) is 9.48 Å². The number of nitrogens with zero attached hydrogens (tertiary/aromatic N) is 6. The van der Waals surface area contributed by atoms with Crippen molar-refractivity contribution in [1.82, 2.24) is 19.7 Å². The third kappa shape index (κ3) is 4.37. The van der Waals surface area contributed by atoms with Crippen molar-refractivity contribution >= 4 is 22.5 Å². The maximum absolute atomic E-state index is 12.1. The quantitative estimate of drug-likeness (QED) is 0.322. The van der Waals surface area contributed by atoms with Crippen LogP contribution in [0.2, 0.25) is 0 Å². The van der Waals surface area contributed by atoms with Crippen molar-refractivity contribution in [2.75, 3.05) is 37.7 Å². The molecule has 0 bridgehead atoms. The molecular formula is C32H32N6O2. The van der Waals surface area contributed by atoms with E-state index in [1.165, 1.54) is 11.6 Å². The van der Waals surface area contributed by atoms with E-state index in [1.54, 1.807) is 6.20 Å². The Morgan fingerprint density at radius 2 is 1.95 bits per heavy atom. The number of aromatic nitrogens is 3. The molecule has 2 aliphatic heterocycles. The summed E-state index contributed by atoms with van der Waals surface area (Å²) in [7, 11) is 1.92. The highest BCUT2D eigenvalue weighted by atomic mass is 16.5. The predicted octanol–water partition coefficient (Wildman–Crippen LogP) is 4.66. The number of benzene rings is 2. The summed E-state index contributed by atoms with van der Waals surface area (Å²) in [6.45, 7) is 9.10. The molecule has 2 fully saturated rings. The molecule has 1 spiro atoms. The molecule has 0 saturated carbocycles. The summed E-state index contributed by atoms with van der Waals surface area (Å²) in [6, 6.07) is 16.8. The number of likely N-dealkylation sites (tertiary alicyclic amines) is 1. The Morgan fingerprint density at radius 1 is 1.15 bits per heavy atom. The SMILES string of the molecule is C=CC(=O)N1CC2(CCN(c3cnc(OCCc4ccccc4)c(-c4c(C)ccc5cnn(C)c45)c3C#N)C2)C1. The lowest BCUT2D eigenvalue weighted by Crippen LogP contribution is -2.59. The Hall–Kier alpha value is -4.64. The van der Waals surface area contributed by atoms with Crippen LogP contribution in [0.25, 0.3) is 22.0 Å². The van der Waals surface area contributed by atoms with Gasteiger partial charge in [0.2, 0.25) is 11.8 Å². The second-order valence-electron chi connectivity index (χ2n) is 10.9. The molecule has 4 heterocycles. The van der Waals surface area contributed by atoms with E-state index in [2.05, 4.69) is 46.9 Å². The highest BCUT2D eigenvalue weighted by Crippen LogP contribution is 2.46. The number of ether oxygens (including phenoxy) is 1. The molecule has 0 unspecified atom stereocenters. The summed E-state index contributed by atoms with van der Waals surface area (Å²) in [4.78, 5) is 21.0. The molecule has 2 saturated heterocycles. The summed E-state index contributed by atoms with van der Waals surface area (Å²) >= 11 is 0. The fourth-order valence-electron chi connectivity index (χ4n) is 6.22. The van der Waals surface area contributed by atoms with Gasteiger partial charge in [0.1, 0.15) is 6.07 Å². The number of nitriles is 1. The van der Waals surface area contributed by atoms with Crippen molar-refractivity contribution in [3.8, 4) is 23.1 Å². The maximum atomic E-state index is 12.1. The number of fused-ring (bicyclic) bond motifs is 1. The van der Waals surface area contributed by atoms with Crippen molar-refractivity contribution < 1.29 is 9.53 Å². The molecule has 0 N–H and O–H groups in total. The van der Waals surface area contributed by atoms with Crippen LogP contribution in [0.5, 0.6) is 5.88 Å². The van der Waals surface area contributed by atoms with Crippen molar-refractivity contribution in [3.63, 3.8) is 0 Å². The highest BCUT2D eigenvalue weighted by molar-refractivity contribution is 5.99. The van der Waals surface area contributed by atoms with E-state index in [9.17, 15) is 10.1 Å². The van der Waals surface area contributed by atoms with Crippen LogP contribution < -0.4 is 9.64 Å². The van der Waals surface area contributed by atoms with E-state index >= 15 is 0 Å². The van der Waals surface area contributed by atoms with Gasteiger partial charge in [-0.15, -0.1) is 0 Å². The average Bonchev–Trinajstić information content (AvgIpc) is 3.57. The fraction of sp³-hybridized carbons (Fsp3) is 0.312. The van der Waals surface area contributed by atoms with E-state index in [-0.39, 0.29) is 11.3 Å². The zero-order valence-electron chi connectivity index (χ0n) is 22.9. The van der Waals surface area contributed by atoms with Gasteiger partial charge in [-0.25, -0.2) is 4.98 Å². The number of amides is 1. The Labute approximate surface area is 234 Å². The number of hydrogen-bond donors (Lipinski definition) is 0. The zero-order valence-corrected chi connectivity index (χ0v) is 22.9. The van der Waals surface area contributed by atoms with Crippen LogP contribution in [0.15, 0.2) is 67.5 Å². The molecule has 40 heavy (non-hydrogen) atoms. The molecule has 2 aliphatic rings. The molecular weight excluding hydrogens is 500 g/mol. The number of pyridine rings is 1. The first-order valence-electron chi connectivity index (χ1n) is 13.6. The Kier molecular flexibility index (Phi) is 6.51. The molecule has 8 heteroatoms. The van der Waals surface area contributed by atoms with E-state index in [1.807, 2.05) is 47.9 Å². The topological polar surface area (TPSA) is 87.3 Å². The van der Waals surface area contributed by atoms with Crippen LogP contribution in [-0.2, 0) is 18.3 Å². The van der Waals surface area contributed by atoms with Crippen molar-refractivity contribution in [1.29, 1.82) is 5.26 Å². The number of carbonyl (C=O) groups excluding carboxylic acids is 1. The van der Waals surface area contributed by atoms with Crippen molar-refractivity contribution in [2.45, 2.75) is 19.8 Å². The Balaban J connectivity index is 1.40. The number of carbonyl (C=O) groups is 1. The third-order valence-corrected chi connectivity index (χ3v) is 8.29. The first-order valence-corrected chi connectivity index (χ1v) is 13.6. The minimum atomic E-state index is -0.0255. The molecule has 0 radical (unpaired) electrons. The largest absolute Gasteiger partial charge is 0.477 e. The summed E-state index contributed by atoms with van der Waals surface area (Å²) in [5.41, 5.74) is 6.16. The second kappa shape index (κ2) is 10.2. The second-order valence-corrected chi connectivity index (χ2v) is 10.9. The summed E-state index contributed by atoms with van der Waals surface area (Å²) in [5.74, 6) is 0.427. The number of hydrogen-bond acceptors (Lipinski definition) is 6. The molecule has 6 rings (SSSR count). The van der Waals surface area contributed by atoms with Crippen molar-refractivity contribution in [3.05, 3.63) is 84.2 Å². The maximum Gasteiger partial charge on any atom is 0.245 e. The Morgan fingerprint density at radius 3 is 2.70 bits per heavy atom. The van der Waals surface area contributed by atoms with Gasteiger partial charge >= 0.3 is 0 Å². The molecule has 0 atom stereocenters. The lowest BCUT2D eigenvalue weighted by atomic mass is 9.79. The predicted molar refractivity (Wildman–Crippen MR) is 155 cm³/mol. The molecule has 8 nitrogen and oxygen atoms in total. The van der Waals surface area contributed by atoms with Crippen LogP contribution in [0.1, 0.15) is 23.1 Å². The average molecular weight is 533 g/mol. The first-order chi connectivity index (χ1) is 19.4. The lowest BCUT2D eigenvalue weighted by Gasteiger charge is -2.47. The van der Waals surface area contributed by atoms with E-state index in [0.29, 0.717) is 36.7 Å². The minimum Gasteiger partial charge on any atom is -0.477 e. The third-order valence-electron chi connectivity index (χ3n) is 8.29. The van der Waals surface area contributed by atoms with E-state index in [0.717, 1.165) is 53.6 Å². The first kappa shape index (κ1) is 25.6. The summed E-state index contributed by atoms with van der Waals surface area (Å²) in [5, 5.41) is 16.1. The van der Waals surface area contributed by atoms with Crippen molar-refractivity contribution in [2.24, 2.45) is 12.5 Å². The standard InChI is InChI=1S/C32H32N6O2/c1-4-27(39)38-20-32(21-38)13-14-37(19-32)26-18-34-31(40-15-12-23-8-6-5-7-9-23)29(25(26)16-33)28-22(2)10-11-24-17-35-36(3)30(24)28/h4-11,17-18H,1,12-15,19-21H2,2-3H3. The van der Waals surface area contributed by atoms with E-state index in [4.69, 9.17) is 9.72 Å². The van der Waals surface area contributed by atoms with Crippen LogP contribution in [-0.4, -0.2) is 58.4 Å². The van der Waals surface area contributed by atoms with Crippen LogP contribution in [0, 0.1) is 23.7 Å². The molecule has 0 aliphatic carbocycles. The molecule has 1 amide bonds. The van der Waals surface area contributed by atoms with Gasteiger partial charge in [0.15, 0.2) is 0 Å². The molecule has 4 aromatic rings. The number of aryl methyl sites for hydroxylation is 2. The van der Waals surface area contributed by atoms with Gasteiger partial charge in [-0.2, -0.15) is 10.4 Å². The number of anilines is 1. The van der Waals surface area contributed by atoms with Crippen LogP contribution in [0.3, 0.4) is 0 Å². The molecule has 2 aromatic carbocycles. The van der Waals surface area contributed by atoms with Crippen LogP contribution in [0.4, 0.5) is 5.69 Å². The van der Waals surface area contributed by atoms with Crippen LogP contribution >= 0.6 is 0 Å².